The topological polar surface area (TPSA) is 32.3 Å². The Labute approximate surface area is 324 Å². The van der Waals surface area contributed by atoms with Gasteiger partial charge in [-0.3, -0.25) is 9.97 Å². The second kappa shape index (κ2) is 35.0. The van der Waals surface area contributed by atoms with Crippen molar-refractivity contribution in [3.8, 4) is 0 Å². The van der Waals surface area contributed by atoms with Crippen LogP contribution in [0.25, 0.3) is 6.08 Å². The van der Waals surface area contributed by atoms with Crippen molar-refractivity contribution in [2.24, 2.45) is 0 Å². The van der Waals surface area contributed by atoms with Crippen molar-refractivity contribution in [3.05, 3.63) is 150 Å². The number of aromatic nitrogens is 2. The number of benzene rings is 2. The second-order valence-corrected chi connectivity index (χ2v) is 10.3. The minimum absolute atomic E-state index is 0. The molecule has 0 aliphatic rings. The molecule has 2 aromatic carbocycles. The van der Waals surface area contributed by atoms with Gasteiger partial charge in [-0.25, -0.2) is 0 Å². The van der Waals surface area contributed by atoms with Gasteiger partial charge in [0.1, 0.15) is 0 Å². The van der Waals surface area contributed by atoms with Crippen molar-refractivity contribution in [2.45, 2.75) is 77.7 Å². The van der Waals surface area contributed by atoms with E-state index in [4.69, 9.17) is 0 Å². The Bertz CT molecular complexity index is 1280. The Morgan fingerprint density at radius 1 is 0.646 bits per heavy atom. The van der Waals surface area contributed by atoms with Gasteiger partial charge in [-0.2, -0.15) is 17.7 Å². The molecule has 0 atom stereocenters. The quantitative estimate of drug-likeness (QED) is 0.155. The Hall–Kier alpha value is -3.34. The van der Waals surface area contributed by atoms with E-state index in [9.17, 15) is 0 Å². The summed E-state index contributed by atoms with van der Waals surface area (Å²) >= 11 is 0. The second-order valence-electron chi connectivity index (χ2n) is 10.3. The molecule has 0 aliphatic carbocycles. The SMILES string of the molecule is C.C.C.C/C=C/c1ccc(N(C)C)cc1C.C=C.C=CC.Cc1[c-]ccc(N(C)C)c1.Cc1cccnc1C.Cc1cccnc1C.[Y]. The van der Waals surface area contributed by atoms with Crippen LogP contribution in [0.3, 0.4) is 0 Å². The van der Waals surface area contributed by atoms with Crippen LogP contribution in [0.4, 0.5) is 11.4 Å². The molecule has 0 bridgehead atoms. The third-order valence-corrected chi connectivity index (χ3v) is 6.10. The number of aryl methyl sites for hydroxylation is 6. The first kappa shape index (κ1) is 57.0. The zero-order valence-electron chi connectivity index (χ0n) is 30.1. The van der Waals surface area contributed by atoms with Crippen LogP contribution < -0.4 is 9.80 Å². The van der Waals surface area contributed by atoms with Gasteiger partial charge in [-0.05, 0) is 95.0 Å². The molecule has 0 amide bonds. The first-order valence-electron chi connectivity index (χ1n) is 14.8. The normalized spacial score (nSPS) is 8.33. The van der Waals surface area contributed by atoms with Crippen LogP contribution in [0.1, 0.15) is 75.3 Å². The predicted molar refractivity (Wildman–Crippen MR) is 219 cm³/mol. The molecule has 48 heavy (non-hydrogen) atoms. The molecule has 5 heteroatoms. The Morgan fingerprint density at radius 2 is 1.06 bits per heavy atom. The number of anilines is 2. The summed E-state index contributed by atoms with van der Waals surface area (Å²) < 4.78 is 0. The van der Waals surface area contributed by atoms with Crippen LogP contribution >= 0.6 is 0 Å². The van der Waals surface area contributed by atoms with Gasteiger partial charge in [0.25, 0.3) is 0 Å². The average Bonchev–Trinajstić information content (AvgIpc) is 3.00. The molecule has 265 valence electrons. The third-order valence-electron chi connectivity index (χ3n) is 6.10. The van der Waals surface area contributed by atoms with E-state index in [0.29, 0.717) is 0 Å². The summed E-state index contributed by atoms with van der Waals surface area (Å²) in [4.78, 5) is 12.4. The summed E-state index contributed by atoms with van der Waals surface area (Å²) in [5.41, 5.74) is 11.0. The molecule has 0 fully saturated rings. The van der Waals surface area contributed by atoms with Gasteiger partial charge in [0.05, 0.1) is 0 Å². The van der Waals surface area contributed by atoms with Gasteiger partial charge in [-0.15, -0.1) is 31.9 Å². The summed E-state index contributed by atoms with van der Waals surface area (Å²) in [5, 5.41) is 0. The molecule has 4 aromatic rings. The minimum Gasteiger partial charge on any atom is -0.399 e. The average molecular weight is 731 g/mol. The number of nitrogens with zero attached hydrogens (tertiary/aromatic N) is 4. The van der Waals surface area contributed by atoms with Crippen LogP contribution in [-0.4, -0.2) is 38.2 Å². The monoisotopic (exact) mass is 730 g/mol. The molecule has 2 aromatic heterocycles. The van der Waals surface area contributed by atoms with Crippen LogP contribution in [0.2, 0.25) is 0 Å². The zero-order chi connectivity index (χ0) is 34.1. The first-order valence-corrected chi connectivity index (χ1v) is 14.8. The maximum atomic E-state index is 4.08. The molecule has 0 N–H and O–H groups in total. The summed E-state index contributed by atoms with van der Waals surface area (Å²) in [6.07, 6.45) is 9.57. The Balaban J connectivity index is -0.000000116. The zero-order valence-corrected chi connectivity index (χ0v) is 33.0. The molecular weight excluding hydrogens is 661 g/mol. The summed E-state index contributed by atoms with van der Waals surface area (Å²) in [5.74, 6) is 0. The summed E-state index contributed by atoms with van der Waals surface area (Å²) in [6.45, 7) is 25.6. The molecule has 1 radical (unpaired) electrons. The van der Waals surface area contributed by atoms with E-state index < -0.39 is 0 Å². The van der Waals surface area contributed by atoms with E-state index in [1.54, 1.807) is 6.08 Å². The van der Waals surface area contributed by atoms with E-state index >= 15 is 0 Å². The summed E-state index contributed by atoms with van der Waals surface area (Å²) in [6, 6.07) is 23.7. The van der Waals surface area contributed by atoms with Gasteiger partial charge < -0.3 is 9.80 Å². The number of allylic oxidation sites excluding steroid dienone is 2. The molecular formula is C43H69N4Y-. The molecule has 0 unspecified atom stereocenters. The fraction of sp³-hybridized carbons (Fsp3) is 0.349. The van der Waals surface area contributed by atoms with E-state index in [-0.39, 0.29) is 55.0 Å². The first-order chi connectivity index (χ1) is 20.9. The van der Waals surface area contributed by atoms with Crippen molar-refractivity contribution in [1.29, 1.82) is 0 Å². The Kier molecular flexibility index (Phi) is 41.5. The number of hydrogen-bond donors (Lipinski definition) is 0. The molecule has 4 nitrogen and oxygen atoms in total. The van der Waals surface area contributed by atoms with E-state index in [1.165, 1.54) is 39.2 Å². The van der Waals surface area contributed by atoms with E-state index in [2.05, 4.69) is 129 Å². The fourth-order valence-electron chi connectivity index (χ4n) is 3.28. The number of rotatable bonds is 3. The molecule has 0 spiro atoms. The minimum atomic E-state index is 0. The fourth-order valence-corrected chi connectivity index (χ4v) is 3.28. The smallest absolute Gasteiger partial charge is 0.0401 e. The molecule has 0 aliphatic heterocycles. The summed E-state index contributed by atoms with van der Waals surface area (Å²) in [7, 11) is 8.19. The van der Waals surface area contributed by atoms with Crippen LogP contribution in [0, 0.1) is 47.6 Å². The van der Waals surface area contributed by atoms with Gasteiger partial charge in [0.15, 0.2) is 0 Å². The van der Waals surface area contributed by atoms with Crippen molar-refractivity contribution in [2.75, 3.05) is 38.0 Å². The number of hydrogen-bond acceptors (Lipinski definition) is 4. The molecule has 4 rings (SSSR count). The standard InChI is InChI=1S/C12H17N.C9H12N.2C7H9N.C3H6.C2H4.3CH4.Y/c1-5-6-11-7-8-12(13(3)4)9-10(11)2;1-8-5-4-6-9(7-8)10(2)3;2*1-6-4-3-5-8-7(6)2;1-3-2;1-2;;;;/h5-9H,1-4H3;4,6-7H,1-3H3;2*3-5H,1-2H3;3H,1H2,2H3;1-2H2;3*1H4;/q;-1;;;;;;;;/b6-5+;;;;;;;;;. The van der Waals surface area contributed by atoms with Crippen LogP contribution in [-0.2, 0) is 32.7 Å². The number of pyridine rings is 2. The third kappa shape index (κ3) is 26.7. The maximum Gasteiger partial charge on any atom is 0.0401 e. The molecule has 2 heterocycles. The molecule has 0 saturated carbocycles. The largest absolute Gasteiger partial charge is 0.399 e. The molecule has 0 saturated heterocycles. The van der Waals surface area contributed by atoms with Gasteiger partial charge in [-0.1, -0.05) is 71.3 Å². The predicted octanol–water partition coefficient (Wildman–Crippen LogP) is 12.3. The van der Waals surface area contributed by atoms with Crippen molar-refractivity contribution in [1.82, 2.24) is 9.97 Å². The van der Waals surface area contributed by atoms with Gasteiger partial charge >= 0.3 is 0 Å². The van der Waals surface area contributed by atoms with E-state index in [1.807, 2.05) is 85.4 Å². The van der Waals surface area contributed by atoms with Crippen molar-refractivity contribution >= 4 is 17.5 Å². The van der Waals surface area contributed by atoms with Crippen molar-refractivity contribution < 1.29 is 32.7 Å². The Morgan fingerprint density at radius 3 is 1.33 bits per heavy atom. The van der Waals surface area contributed by atoms with Crippen molar-refractivity contribution in [3.63, 3.8) is 0 Å². The van der Waals surface area contributed by atoms with Crippen LogP contribution in [0.5, 0.6) is 0 Å². The van der Waals surface area contributed by atoms with Crippen LogP contribution in [0.15, 0.2) is 105 Å². The maximum absolute atomic E-state index is 4.08. The van der Waals surface area contributed by atoms with E-state index in [0.717, 1.165) is 11.4 Å². The van der Waals surface area contributed by atoms with Gasteiger partial charge in [0.2, 0.25) is 0 Å². The van der Waals surface area contributed by atoms with Gasteiger partial charge in [0, 0.05) is 90.4 Å².